The molecule has 10 heteroatoms. The van der Waals surface area contributed by atoms with Gasteiger partial charge in [0.1, 0.15) is 11.2 Å². The first-order valence-corrected chi connectivity index (χ1v) is 19.0. The van der Waals surface area contributed by atoms with E-state index in [2.05, 4.69) is 0 Å². The van der Waals surface area contributed by atoms with E-state index in [9.17, 15) is 19.2 Å². The number of carbonyl (C=O) groups is 4. The van der Waals surface area contributed by atoms with Crippen molar-refractivity contribution in [3.05, 3.63) is 0 Å². The molecule has 0 spiro atoms. The Morgan fingerprint density at radius 1 is 0.547 bits per heavy atom. The zero-order chi connectivity index (χ0) is 39.3. The van der Waals surface area contributed by atoms with Gasteiger partial charge in [0.05, 0.1) is 35.9 Å². The van der Waals surface area contributed by atoms with Crippen LogP contribution in [0.5, 0.6) is 0 Å². The van der Waals surface area contributed by atoms with Crippen molar-refractivity contribution >= 4 is 23.9 Å². The third kappa shape index (κ3) is 29.8. The second kappa shape index (κ2) is 29.1. The average Bonchev–Trinajstić information content (AvgIpc) is 3.04. The van der Waals surface area contributed by atoms with Gasteiger partial charge in [-0.05, 0) is 121 Å². The Morgan fingerprint density at radius 2 is 0.906 bits per heavy atom. The fourth-order valence-corrected chi connectivity index (χ4v) is 3.57. The highest BCUT2D eigenvalue weighted by Gasteiger charge is 2.31. The van der Waals surface area contributed by atoms with E-state index in [0.29, 0.717) is 6.61 Å². The maximum atomic E-state index is 11.7. The van der Waals surface area contributed by atoms with E-state index in [1.807, 2.05) is 111 Å². The van der Waals surface area contributed by atoms with Crippen molar-refractivity contribution in [3.8, 4) is 0 Å². The van der Waals surface area contributed by atoms with Gasteiger partial charge in [-0.2, -0.15) is 0 Å². The third-order valence-corrected chi connectivity index (χ3v) is 8.47. The molecule has 2 rings (SSSR count). The van der Waals surface area contributed by atoms with Gasteiger partial charge in [-0.1, -0.05) is 63.8 Å². The fraction of sp³-hybridized carbons (Fsp3) is 0.907. The summed E-state index contributed by atoms with van der Waals surface area (Å²) in [7, 11) is 0. The zero-order valence-electron chi connectivity index (χ0n) is 34.9. The summed E-state index contributed by atoms with van der Waals surface area (Å²) in [5.41, 5.74) is -1.46. The molecule has 2 heterocycles. The van der Waals surface area contributed by atoms with E-state index >= 15 is 0 Å². The van der Waals surface area contributed by atoms with Crippen molar-refractivity contribution in [2.75, 3.05) is 13.2 Å². The molecule has 0 aliphatic carbocycles. The summed E-state index contributed by atoms with van der Waals surface area (Å²) in [5, 5.41) is 0. The van der Waals surface area contributed by atoms with Crippen LogP contribution in [-0.4, -0.2) is 60.9 Å². The summed E-state index contributed by atoms with van der Waals surface area (Å²) in [6.07, 6.45) is 8.71. The van der Waals surface area contributed by atoms with Gasteiger partial charge in [0, 0.05) is 12.8 Å². The summed E-state index contributed by atoms with van der Waals surface area (Å²) in [5.74, 6) is -0.474. The molecule has 0 N–H and O–H groups in total. The normalized spacial score (nSPS) is 18.2. The van der Waals surface area contributed by atoms with E-state index in [1.165, 1.54) is 0 Å². The molecular weight excluding hydrogens is 676 g/mol. The fourth-order valence-electron chi connectivity index (χ4n) is 3.57. The summed E-state index contributed by atoms with van der Waals surface area (Å²) in [6, 6.07) is 0. The second-order valence-electron chi connectivity index (χ2n) is 16.6. The van der Waals surface area contributed by atoms with Gasteiger partial charge >= 0.3 is 23.9 Å². The molecule has 10 nitrogen and oxygen atoms in total. The predicted molar refractivity (Wildman–Crippen MR) is 218 cm³/mol. The number of esters is 4. The molecule has 0 aromatic heterocycles. The number of ether oxygens (including phenoxy) is 6. The highest BCUT2D eigenvalue weighted by molar-refractivity contribution is 5.76. The van der Waals surface area contributed by atoms with Crippen molar-refractivity contribution in [1.29, 1.82) is 0 Å². The van der Waals surface area contributed by atoms with E-state index in [0.717, 1.165) is 70.8 Å². The first-order valence-electron chi connectivity index (χ1n) is 19.0. The Hall–Kier alpha value is -2.20. The maximum Gasteiger partial charge on any atom is 0.313 e. The molecule has 320 valence electrons. The Morgan fingerprint density at radius 3 is 1.23 bits per heavy atom. The molecule has 4 unspecified atom stereocenters. The Balaban J connectivity index is -0.000000190. The zero-order valence-corrected chi connectivity index (χ0v) is 34.9. The number of rotatable bonds is 10. The SMILES string of the molecule is C.C.C.CCC(C)(C)C(=O)OC(C)(C)C.CCC(C)(C)C(=O)OC1CCCCO1.CCC(C)C(=O)OC(C)(C)C.CCC(C)C(=O)OC1CCCCO1. The molecule has 2 aliphatic heterocycles. The molecule has 0 saturated carbocycles. The minimum Gasteiger partial charge on any atom is -0.460 e. The Labute approximate surface area is 327 Å². The summed E-state index contributed by atoms with van der Waals surface area (Å²) >= 11 is 0. The highest BCUT2D eigenvalue weighted by atomic mass is 16.7. The van der Waals surface area contributed by atoms with Crippen LogP contribution < -0.4 is 0 Å². The summed E-state index contributed by atoms with van der Waals surface area (Å²) < 4.78 is 31.5. The van der Waals surface area contributed by atoms with Crippen LogP contribution in [0.2, 0.25) is 0 Å². The quantitative estimate of drug-likeness (QED) is 0.157. The Kier molecular flexibility index (Phi) is 33.0. The molecule has 0 bridgehead atoms. The van der Waals surface area contributed by atoms with Crippen molar-refractivity contribution in [1.82, 2.24) is 0 Å². The van der Waals surface area contributed by atoms with Crippen LogP contribution in [0, 0.1) is 22.7 Å². The molecule has 0 aromatic carbocycles. The van der Waals surface area contributed by atoms with Gasteiger partial charge in [0.15, 0.2) is 0 Å². The Bertz CT molecular complexity index is 963. The molecular formula is C43H88O10. The van der Waals surface area contributed by atoms with Crippen LogP contribution in [-0.2, 0) is 47.6 Å². The largest absolute Gasteiger partial charge is 0.460 e. The van der Waals surface area contributed by atoms with Crippen LogP contribution in [0.15, 0.2) is 0 Å². The summed E-state index contributed by atoms with van der Waals surface area (Å²) in [6.45, 7) is 32.0. The lowest BCUT2D eigenvalue weighted by Crippen LogP contribution is -2.33. The lowest BCUT2D eigenvalue weighted by molar-refractivity contribution is -0.196. The van der Waals surface area contributed by atoms with E-state index in [4.69, 9.17) is 28.4 Å². The maximum absolute atomic E-state index is 11.7. The van der Waals surface area contributed by atoms with Gasteiger partial charge in [-0.3, -0.25) is 19.2 Å². The van der Waals surface area contributed by atoms with E-state index < -0.39 is 0 Å². The number of hydrogen-bond donors (Lipinski definition) is 0. The lowest BCUT2D eigenvalue weighted by atomic mass is 9.90. The minimum atomic E-state index is -0.388. The van der Waals surface area contributed by atoms with E-state index in [1.54, 1.807) is 0 Å². The van der Waals surface area contributed by atoms with Gasteiger partial charge in [0.2, 0.25) is 12.6 Å². The molecule has 53 heavy (non-hydrogen) atoms. The monoisotopic (exact) mass is 765 g/mol. The van der Waals surface area contributed by atoms with Gasteiger partial charge in [-0.25, -0.2) is 0 Å². The van der Waals surface area contributed by atoms with Crippen LogP contribution in [0.25, 0.3) is 0 Å². The van der Waals surface area contributed by atoms with Gasteiger partial charge in [0.25, 0.3) is 0 Å². The predicted octanol–water partition coefficient (Wildman–Crippen LogP) is 11.6. The standard InChI is InChI=1S/C11H20O3.C10H18O3.C10H20O2.C9H18O2.3CH4/c1-4-11(2,3)10(12)14-9-7-5-6-8-13-9;1-3-8(2)10(11)13-9-6-4-5-7-12-9;1-7-10(5,6)8(11)12-9(2,3)4;1-6-7(2)8(10)11-9(3,4)5;;;/h9H,4-8H2,1-3H3;8-9H,3-7H2,1-2H3;7H2,1-6H3;7H,6H2,1-5H3;3*1H4. The smallest absolute Gasteiger partial charge is 0.313 e. The molecule has 2 aliphatic rings. The first-order chi connectivity index (χ1) is 22.8. The molecule has 4 atom stereocenters. The molecule has 0 amide bonds. The lowest BCUT2D eigenvalue weighted by Gasteiger charge is -2.27. The van der Waals surface area contributed by atoms with Crippen molar-refractivity contribution < 1.29 is 47.6 Å². The van der Waals surface area contributed by atoms with Gasteiger partial charge in [-0.15, -0.1) is 0 Å². The topological polar surface area (TPSA) is 124 Å². The highest BCUT2D eigenvalue weighted by Crippen LogP contribution is 2.25. The van der Waals surface area contributed by atoms with Crippen LogP contribution in [0.1, 0.15) is 197 Å². The molecule has 0 aromatic rings. The molecule has 2 saturated heterocycles. The number of hydrogen-bond acceptors (Lipinski definition) is 10. The van der Waals surface area contributed by atoms with Crippen molar-refractivity contribution in [2.24, 2.45) is 22.7 Å². The van der Waals surface area contributed by atoms with Crippen LogP contribution >= 0.6 is 0 Å². The van der Waals surface area contributed by atoms with Crippen molar-refractivity contribution in [3.63, 3.8) is 0 Å². The summed E-state index contributed by atoms with van der Waals surface area (Å²) in [4.78, 5) is 45.7. The van der Waals surface area contributed by atoms with Crippen LogP contribution in [0.3, 0.4) is 0 Å². The average molecular weight is 765 g/mol. The second-order valence-corrected chi connectivity index (χ2v) is 16.6. The third-order valence-electron chi connectivity index (χ3n) is 8.47. The molecule has 0 radical (unpaired) electrons. The van der Waals surface area contributed by atoms with E-state index in [-0.39, 0.29) is 92.6 Å². The van der Waals surface area contributed by atoms with Crippen molar-refractivity contribution in [2.45, 2.75) is 221 Å². The van der Waals surface area contributed by atoms with Gasteiger partial charge < -0.3 is 28.4 Å². The molecule has 2 fully saturated rings. The van der Waals surface area contributed by atoms with Crippen LogP contribution in [0.4, 0.5) is 0 Å². The minimum absolute atomic E-state index is 0. The number of carbonyl (C=O) groups excluding carboxylic acids is 4. The first kappa shape index (κ1) is 60.1.